The molecule has 2 N–H and O–H groups in total. The van der Waals surface area contributed by atoms with Gasteiger partial charge >= 0.3 is 11.9 Å². The molecule has 1 saturated carbocycles. The van der Waals surface area contributed by atoms with Gasteiger partial charge in [0.05, 0.1) is 6.61 Å². The Morgan fingerprint density at radius 3 is 2.19 bits per heavy atom. The van der Waals surface area contributed by atoms with E-state index < -0.39 is 17.9 Å². The molecule has 3 atom stereocenters. The predicted octanol–water partition coefficient (Wildman–Crippen LogP) is 3.37. The zero-order valence-corrected chi connectivity index (χ0v) is 18.7. The van der Waals surface area contributed by atoms with Crippen LogP contribution in [0.15, 0.2) is 36.4 Å². The summed E-state index contributed by atoms with van der Waals surface area (Å²) in [5, 5.41) is 11.8. The third-order valence-corrected chi connectivity index (χ3v) is 5.67. The standard InChI is InChI=1S/C24H33NO6/c1-14(2)23(27)25-21(24(28)29)12-18-6-8-20(9-7-18)30-13-19-10-15(3)22(16(4)11-19)31-17(5)26/h6-9,15-16,19,21-22H,1,10-13H2,2-5H3,(H,25,27)(H,28,29). The van der Waals surface area contributed by atoms with Gasteiger partial charge in [0.1, 0.15) is 17.9 Å². The molecule has 0 bridgehead atoms. The van der Waals surface area contributed by atoms with Crippen molar-refractivity contribution in [1.29, 1.82) is 0 Å². The number of amides is 1. The van der Waals surface area contributed by atoms with Gasteiger partial charge in [0, 0.05) is 18.9 Å². The van der Waals surface area contributed by atoms with E-state index in [-0.39, 0.29) is 35.9 Å². The molecule has 7 nitrogen and oxygen atoms in total. The van der Waals surface area contributed by atoms with Crippen molar-refractivity contribution in [3.63, 3.8) is 0 Å². The lowest BCUT2D eigenvalue weighted by Gasteiger charge is -2.38. The second kappa shape index (κ2) is 11.0. The monoisotopic (exact) mass is 431 g/mol. The molecular weight excluding hydrogens is 398 g/mol. The summed E-state index contributed by atoms with van der Waals surface area (Å²) in [5.41, 5.74) is 1.05. The van der Waals surface area contributed by atoms with Crippen LogP contribution in [0.25, 0.3) is 0 Å². The van der Waals surface area contributed by atoms with E-state index in [1.807, 2.05) is 12.1 Å². The Hall–Kier alpha value is -2.83. The van der Waals surface area contributed by atoms with Crippen LogP contribution in [-0.4, -0.2) is 41.7 Å². The number of benzene rings is 1. The molecule has 170 valence electrons. The van der Waals surface area contributed by atoms with Crippen LogP contribution in [0.2, 0.25) is 0 Å². The van der Waals surface area contributed by atoms with Crippen LogP contribution < -0.4 is 10.1 Å². The summed E-state index contributed by atoms with van der Waals surface area (Å²) < 4.78 is 11.4. The van der Waals surface area contributed by atoms with Gasteiger partial charge in [-0.25, -0.2) is 4.79 Å². The highest BCUT2D eigenvalue weighted by Gasteiger charge is 2.35. The van der Waals surface area contributed by atoms with Crippen molar-refractivity contribution < 1.29 is 29.0 Å². The normalized spacial score (nSPS) is 24.0. The van der Waals surface area contributed by atoms with Crippen molar-refractivity contribution in [2.24, 2.45) is 17.8 Å². The fraction of sp³-hybridized carbons (Fsp3) is 0.542. The lowest BCUT2D eigenvalue weighted by atomic mass is 9.75. The minimum Gasteiger partial charge on any atom is -0.493 e. The van der Waals surface area contributed by atoms with Crippen LogP contribution in [0.4, 0.5) is 0 Å². The zero-order chi connectivity index (χ0) is 23.1. The Labute approximate surface area is 183 Å². The van der Waals surface area contributed by atoms with E-state index in [1.165, 1.54) is 13.8 Å². The van der Waals surface area contributed by atoms with E-state index >= 15 is 0 Å². The summed E-state index contributed by atoms with van der Waals surface area (Å²) >= 11 is 0. The molecule has 1 aromatic rings. The molecule has 2 rings (SSSR count). The average Bonchev–Trinajstić information content (AvgIpc) is 2.69. The minimum absolute atomic E-state index is 0.0411. The molecule has 0 spiro atoms. The first-order chi connectivity index (χ1) is 14.6. The zero-order valence-electron chi connectivity index (χ0n) is 18.7. The fourth-order valence-corrected chi connectivity index (χ4v) is 4.19. The summed E-state index contributed by atoms with van der Waals surface area (Å²) in [6, 6.07) is 6.21. The number of carboxylic acids is 1. The Kier molecular flexibility index (Phi) is 8.65. The third kappa shape index (κ3) is 7.42. The molecule has 1 fully saturated rings. The summed E-state index contributed by atoms with van der Waals surface area (Å²) in [7, 11) is 0. The third-order valence-electron chi connectivity index (χ3n) is 5.67. The van der Waals surface area contributed by atoms with Crippen LogP contribution in [0, 0.1) is 17.8 Å². The van der Waals surface area contributed by atoms with Gasteiger partial charge in [-0.3, -0.25) is 9.59 Å². The fourth-order valence-electron chi connectivity index (χ4n) is 4.19. The van der Waals surface area contributed by atoms with E-state index in [0.717, 1.165) is 18.4 Å². The highest BCUT2D eigenvalue weighted by molar-refractivity contribution is 5.94. The van der Waals surface area contributed by atoms with Gasteiger partial charge in [0.15, 0.2) is 0 Å². The van der Waals surface area contributed by atoms with E-state index in [1.54, 1.807) is 12.1 Å². The van der Waals surface area contributed by atoms with E-state index in [2.05, 4.69) is 25.7 Å². The Balaban J connectivity index is 1.88. The largest absolute Gasteiger partial charge is 0.493 e. The number of carbonyl (C=O) groups excluding carboxylic acids is 2. The highest BCUT2D eigenvalue weighted by atomic mass is 16.5. The van der Waals surface area contributed by atoms with Gasteiger partial charge in [-0.05, 0) is 55.2 Å². The molecule has 1 aliphatic rings. The molecule has 1 aliphatic carbocycles. The number of carbonyl (C=O) groups is 3. The summed E-state index contributed by atoms with van der Waals surface area (Å²) in [4.78, 5) is 34.5. The van der Waals surface area contributed by atoms with Crippen LogP contribution in [-0.2, 0) is 25.5 Å². The summed E-state index contributed by atoms with van der Waals surface area (Å²) in [6.07, 6.45) is 2.00. The Morgan fingerprint density at radius 2 is 1.71 bits per heavy atom. The number of esters is 1. The van der Waals surface area contributed by atoms with E-state index in [4.69, 9.17) is 9.47 Å². The van der Waals surface area contributed by atoms with Gasteiger partial charge in [-0.2, -0.15) is 0 Å². The van der Waals surface area contributed by atoms with Gasteiger partial charge < -0.3 is 19.9 Å². The van der Waals surface area contributed by atoms with Crippen LogP contribution in [0.1, 0.15) is 46.1 Å². The molecular formula is C24H33NO6. The lowest BCUT2D eigenvalue weighted by molar-refractivity contribution is -0.155. The number of ether oxygens (including phenoxy) is 2. The van der Waals surface area contributed by atoms with E-state index in [9.17, 15) is 19.5 Å². The first kappa shape index (κ1) is 24.4. The number of rotatable bonds is 9. The molecule has 1 aromatic carbocycles. The average molecular weight is 432 g/mol. The molecule has 0 saturated heterocycles. The molecule has 31 heavy (non-hydrogen) atoms. The molecule has 0 aliphatic heterocycles. The van der Waals surface area contributed by atoms with Crippen molar-refractivity contribution in [2.75, 3.05) is 6.61 Å². The van der Waals surface area contributed by atoms with Gasteiger partial charge in [-0.1, -0.05) is 32.6 Å². The van der Waals surface area contributed by atoms with Crippen LogP contribution in [0.3, 0.4) is 0 Å². The lowest BCUT2D eigenvalue weighted by Crippen LogP contribution is -2.42. The topological polar surface area (TPSA) is 102 Å². The molecule has 3 unspecified atom stereocenters. The molecule has 1 amide bonds. The maximum atomic E-state index is 11.7. The van der Waals surface area contributed by atoms with Gasteiger partial charge in [0.2, 0.25) is 5.91 Å². The van der Waals surface area contributed by atoms with Crippen molar-refractivity contribution >= 4 is 17.8 Å². The van der Waals surface area contributed by atoms with E-state index in [0.29, 0.717) is 18.3 Å². The number of nitrogens with one attached hydrogen (secondary N) is 1. The number of hydrogen-bond donors (Lipinski definition) is 2. The van der Waals surface area contributed by atoms with Crippen molar-refractivity contribution in [2.45, 2.75) is 59.1 Å². The Bertz CT molecular complexity index is 791. The van der Waals surface area contributed by atoms with Gasteiger partial charge in [0.25, 0.3) is 0 Å². The number of hydrogen-bond acceptors (Lipinski definition) is 5. The van der Waals surface area contributed by atoms with Crippen molar-refractivity contribution in [1.82, 2.24) is 5.32 Å². The first-order valence-electron chi connectivity index (χ1n) is 10.6. The number of aliphatic carboxylic acids is 1. The minimum atomic E-state index is -1.09. The second-order valence-electron chi connectivity index (χ2n) is 8.67. The van der Waals surface area contributed by atoms with Crippen LogP contribution in [0.5, 0.6) is 5.75 Å². The van der Waals surface area contributed by atoms with Crippen LogP contribution >= 0.6 is 0 Å². The van der Waals surface area contributed by atoms with Crippen molar-refractivity contribution in [3.05, 3.63) is 42.0 Å². The first-order valence-corrected chi connectivity index (χ1v) is 10.6. The molecule has 0 heterocycles. The van der Waals surface area contributed by atoms with Gasteiger partial charge in [-0.15, -0.1) is 0 Å². The second-order valence-corrected chi connectivity index (χ2v) is 8.67. The smallest absolute Gasteiger partial charge is 0.326 e. The Morgan fingerprint density at radius 1 is 1.13 bits per heavy atom. The predicted molar refractivity (Wildman–Crippen MR) is 117 cm³/mol. The molecule has 0 radical (unpaired) electrons. The molecule has 7 heteroatoms. The summed E-state index contributed by atoms with van der Waals surface area (Å²) in [6.45, 7) is 11.3. The summed E-state index contributed by atoms with van der Waals surface area (Å²) in [5.74, 6) is -0.143. The maximum absolute atomic E-state index is 11.7. The highest BCUT2D eigenvalue weighted by Crippen LogP contribution is 2.35. The maximum Gasteiger partial charge on any atom is 0.326 e. The quantitative estimate of drug-likeness (QED) is 0.459. The SMILES string of the molecule is C=C(C)C(=O)NC(Cc1ccc(OCC2CC(C)C(OC(C)=O)C(C)C2)cc1)C(=O)O. The number of carboxylic acid groups (broad SMARTS) is 1. The molecule has 0 aromatic heterocycles. The van der Waals surface area contributed by atoms with Crippen molar-refractivity contribution in [3.8, 4) is 5.75 Å².